The molecule has 2 rings (SSSR count). The molecule has 0 radical (unpaired) electrons. The first-order valence-electron chi connectivity index (χ1n) is 10.0. The summed E-state index contributed by atoms with van der Waals surface area (Å²) in [7, 11) is 0. The molecule has 1 aromatic carbocycles. The molecule has 1 heterocycles. The van der Waals surface area contributed by atoms with Crippen molar-refractivity contribution in [3.63, 3.8) is 0 Å². The van der Waals surface area contributed by atoms with Crippen LogP contribution in [0.15, 0.2) is 36.4 Å². The topological polar surface area (TPSA) is 114 Å². The van der Waals surface area contributed by atoms with E-state index in [9.17, 15) is 20.0 Å². The van der Waals surface area contributed by atoms with Crippen LogP contribution in [-0.2, 0) is 9.59 Å². The quantitative estimate of drug-likeness (QED) is 0.471. The monoisotopic (exact) mass is 398 g/mol. The van der Waals surface area contributed by atoms with Crippen molar-refractivity contribution in [3.05, 3.63) is 42.0 Å². The molecule has 4 atom stereocenters. The highest BCUT2D eigenvalue weighted by Gasteiger charge is 2.30. The number of amides is 2. The van der Waals surface area contributed by atoms with Gasteiger partial charge in [0.15, 0.2) is 0 Å². The lowest BCUT2D eigenvalue weighted by atomic mass is 9.97. The van der Waals surface area contributed by atoms with Gasteiger partial charge >= 0.3 is 0 Å². The molecule has 0 aliphatic carbocycles. The van der Waals surface area contributed by atoms with Crippen LogP contribution in [0.5, 0.6) is 0 Å². The number of nitrogens with one attached hydrogen (secondary N) is 3. The van der Waals surface area contributed by atoms with Crippen LogP contribution in [0.25, 0.3) is 6.08 Å². The van der Waals surface area contributed by atoms with Gasteiger partial charge in [-0.05, 0) is 43.4 Å². The van der Waals surface area contributed by atoms with Gasteiger partial charge in [-0.25, -0.2) is 0 Å². The highest BCUT2D eigenvalue weighted by atomic mass is 16.3. The number of hydrogen-bond donors (Lipinski definition) is 4. The molecule has 2 amide bonds. The van der Waals surface area contributed by atoms with Gasteiger partial charge in [0.25, 0.3) is 0 Å². The fourth-order valence-corrected chi connectivity index (χ4v) is 3.37. The molecule has 4 unspecified atom stereocenters. The molecule has 1 aromatic rings. The number of aliphatic hydroxyl groups excluding tert-OH is 1. The number of rotatable bonds is 9. The van der Waals surface area contributed by atoms with Crippen LogP contribution in [0.1, 0.15) is 38.7 Å². The van der Waals surface area contributed by atoms with Crippen LogP contribution >= 0.6 is 0 Å². The van der Waals surface area contributed by atoms with Gasteiger partial charge in [0.2, 0.25) is 11.8 Å². The molecule has 29 heavy (non-hydrogen) atoms. The molecule has 7 heteroatoms. The second-order valence-corrected chi connectivity index (χ2v) is 7.81. The lowest BCUT2D eigenvalue weighted by molar-refractivity contribution is -0.127. The number of nitrogens with zero attached hydrogens (tertiary/aromatic N) is 1. The summed E-state index contributed by atoms with van der Waals surface area (Å²) in [4.78, 5) is 25.0. The highest BCUT2D eigenvalue weighted by molar-refractivity contribution is 5.95. The fourth-order valence-electron chi connectivity index (χ4n) is 3.37. The largest absolute Gasteiger partial charge is 0.378 e. The molecular weight excluding hydrogens is 368 g/mol. The standard InChI is InChI=1S/C22H30N4O3/c1-15(2)12-19(26-20(27)9-8-16-6-4-3-5-7-16)22(29)25-18(14-23)13-17-10-11-24-21(17)28/h3-9,15,17-19,21,24,28H,10-13H2,1-2H3,(H,25,29)(H,26,27)/b9-8+. The molecule has 1 aliphatic heterocycles. The van der Waals surface area contributed by atoms with Crippen LogP contribution in [0, 0.1) is 23.2 Å². The lowest BCUT2D eigenvalue weighted by Crippen LogP contribution is -2.50. The predicted octanol–water partition coefficient (Wildman–Crippen LogP) is 1.56. The molecule has 4 N–H and O–H groups in total. The van der Waals surface area contributed by atoms with Crippen molar-refractivity contribution >= 4 is 17.9 Å². The van der Waals surface area contributed by atoms with Crippen LogP contribution in [0.2, 0.25) is 0 Å². The van der Waals surface area contributed by atoms with Crippen molar-refractivity contribution in [2.75, 3.05) is 6.54 Å². The number of hydrogen-bond acceptors (Lipinski definition) is 5. The minimum atomic E-state index is -0.731. The number of aliphatic hydroxyl groups is 1. The number of carbonyl (C=O) groups is 2. The normalized spacial score (nSPS) is 20.9. The van der Waals surface area contributed by atoms with E-state index < -0.39 is 18.3 Å². The summed E-state index contributed by atoms with van der Waals surface area (Å²) in [5.74, 6) is -0.636. The first-order valence-corrected chi connectivity index (χ1v) is 10.0. The summed E-state index contributed by atoms with van der Waals surface area (Å²) in [6.45, 7) is 4.63. The molecule has 0 aromatic heterocycles. The summed E-state index contributed by atoms with van der Waals surface area (Å²) in [6.07, 6.45) is 4.02. The second kappa shape index (κ2) is 11.3. The second-order valence-electron chi connectivity index (χ2n) is 7.81. The van der Waals surface area contributed by atoms with Gasteiger partial charge in [-0.1, -0.05) is 44.2 Å². The summed E-state index contributed by atoms with van der Waals surface area (Å²) in [5.41, 5.74) is 0.890. The Morgan fingerprint density at radius 2 is 2.03 bits per heavy atom. The molecule has 0 bridgehead atoms. The van der Waals surface area contributed by atoms with E-state index in [0.29, 0.717) is 19.4 Å². The van der Waals surface area contributed by atoms with Crippen LogP contribution < -0.4 is 16.0 Å². The zero-order valence-electron chi connectivity index (χ0n) is 17.0. The molecule has 1 aliphatic rings. The minimum Gasteiger partial charge on any atom is -0.378 e. The van der Waals surface area contributed by atoms with E-state index in [2.05, 4.69) is 22.0 Å². The maximum Gasteiger partial charge on any atom is 0.244 e. The van der Waals surface area contributed by atoms with Crippen LogP contribution in [0.4, 0.5) is 0 Å². The third-order valence-electron chi connectivity index (χ3n) is 4.89. The van der Waals surface area contributed by atoms with Crippen LogP contribution in [0.3, 0.4) is 0 Å². The first-order chi connectivity index (χ1) is 13.9. The van der Waals surface area contributed by atoms with E-state index in [0.717, 1.165) is 12.0 Å². The van der Waals surface area contributed by atoms with Gasteiger partial charge in [-0.3, -0.25) is 14.9 Å². The number of benzene rings is 1. The average molecular weight is 399 g/mol. The first kappa shape index (κ1) is 22.6. The Balaban J connectivity index is 1.96. The summed E-state index contributed by atoms with van der Waals surface area (Å²) in [6, 6.07) is 10.1. The van der Waals surface area contributed by atoms with Gasteiger partial charge in [-0.15, -0.1) is 0 Å². The molecule has 7 nitrogen and oxygen atoms in total. The Hall–Kier alpha value is -2.69. The van der Waals surface area contributed by atoms with Crippen LogP contribution in [-0.4, -0.2) is 41.8 Å². The summed E-state index contributed by atoms with van der Waals surface area (Å²) < 4.78 is 0. The SMILES string of the molecule is CC(C)CC(NC(=O)/C=C/c1ccccc1)C(=O)NC(C#N)CC1CCNC1O. The fraction of sp³-hybridized carbons (Fsp3) is 0.500. The molecular formula is C22H30N4O3. The number of carbonyl (C=O) groups excluding carboxylic acids is 2. The molecule has 1 fully saturated rings. The van der Waals surface area contributed by atoms with Gasteiger partial charge in [0.1, 0.15) is 18.3 Å². The van der Waals surface area contributed by atoms with Gasteiger partial charge in [-0.2, -0.15) is 5.26 Å². The van der Waals surface area contributed by atoms with Crippen molar-refractivity contribution in [1.82, 2.24) is 16.0 Å². The zero-order chi connectivity index (χ0) is 21.2. The van der Waals surface area contributed by atoms with E-state index in [-0.39, 0.29) is 23.7 Å². The Morgan fingerprint density at radius 3 is 2.62 bits per heavy atom. The van der Waals surface area contributed by atoms with Gasteiger partial charge < -0.3 is 15.7 Å². The Labute approximate surface area is 172 Å². The minimum absolute atomic E-state index is 0.0769. The summed E-state index contributed by atoms with van der Waals surface area (Å²) >= 11 is 0. The third-order valence-corrected chi connectivity index (χ3v) is 4.89. The zero-order valence-corrected chi connectivity index (χ0v) is 17.0. The highest BCUT2D eigenvalue weighted by Crippen LogP contribution is 2.19. The smallest absolute Gasteiger partial charge is 0.244 e. The average Bonchev–Trinajstić information content (AvgIpc) is 3.10. The van der Waals surface area contributed by atoms with Gasteiger partial charge in [0.05, 0.1) is 6.07 Å². The van der Waals surface area contributed by atoms with Crippen molar-refractivity contribution in [1.29, 1.82) is 5.26 Å². The van der Waals surface area contributed by atoms with Crippen molar-refractivity contribution < 1.29 is 14.7 Å². The predicted molar refractivity (Wildman–Crippen MR) is 111 cm³/mol. The maximum atomic E-state index is 12.7. The van der Waals surface area contributed by atoms with E-state index in [1.807, 2.05) is 44.2 Å². The van der Waals surface area contributed by atoms with E-state index in [1.54, 1.807) is 6.08 Å². The summed E-state index contributed by atoms with van der Waals surface area (Å²) in [5, 5.41) is 27.7. The molecule has 0 spiro atoms. The van der Waals surface area contributed by atoms with Gasteiger partial charge in [0, 0.05) is 12.0 Å². The van der Waals surface area contributed by atoms with E-state index >= 15 is 0 Å². The Kier molecular flexibility index (Phi) is 8.84. The Morgan fingerprint density at radius 1 is 1.31 bits per heavy atom. The third kappa shape index (κ3) is 7.68. The molecule has 1 saturated heterocycles. The maximum absolute atomic E-state index is 12.7. The molecule has 156 valence electrons. The molecule has 0 saturated carbocycles. The Bertz CT molecular complexity index is 742. The van der Waals surface area contributed by atoms with Crippen molar-refractivity contribution in [2.45, 2.75) is 51.4 Å². The van der Waals surface area contributed by atoms with Crippen molar-refractivity contribution in [2.24, 2.45) is 11.8 Å². The van der Waals surface area contributed by atoms with E-state index in [1.165, 1.54) is 6.08 Å². The number of nitriles is 1. The van der Waals surface area contributed by atoms with Crippen molar-refractivity contribution in [3.8, 4) is 6.07 Å². The lowest BCUT2D eigenvalue weighted by Gasteiger charge is -2.23. The van der Waals surface area contributed by atoms with E-state index in [4.69, 9.17) is 0 Å².